The van der Waals surface area contributed by atoms with Crippen molar-refractivity contribution in [1.82, 2.24) is 76.3 Å². The largest absolute Gasteiger partial charge is 0.354 e. The van der Waals surface area contributed by atoms with Gasteiger partial charge in [0.05, 0.1) is 105 Å². The van der Waals surface area contributed by atoms with Crippen LogP contribution in [0.15, 0.2) is 178 Å². The van der Waals surface area contributed by atoms with E-state index in [0.717, 1.165) is 98.6 Å². The Hall–Kier alpha value is -11.7. The molecule has 3 N–H and O–H groups in total. The molecule has 498 valence electrons. The van der Waals surface area contributed by atoms with Crippen molar-refractivity contribution in [1.29, 1.82) is 15.8 Å². The van der Waals surface area contributed by atoms with Crippen molar-refractivity contribution < 1.29 is 17.8 Å². The molecule has 0 fully saturated rings. The fourth-order valence-corrected chi connectivity index (χ4v) is 10.9. The second-order valence-corrected chi connectivity index (χ2v) is 24.0. The average Bonchev–Trinajstić information content (AvgIpc) is 1.80. The van der Waals surface area contributed by atoms with E-state index >= 15 is 0 Å². The number of nitriles is 3. The molecule has 0 bridgehead atoms. The van der Waals surface area contributed by atoms with Gasteiger partial charge in [0, 0.05) is 94.1 Å². The first-order valence-corrected chi connectivity index (χ1v) is 32.3. The summed E-state index contributed by atoms with van der Waals surface area (Å²) in [6.45, 7) is 17.8. The van der Waals surface area contributed by atoms with Crippen LogP contribution >= 0.6 is 0 Å². The maximum atomic E-state index is 9.82. The van der Waals surface area contributed by atoms with Crippen LogP contribution in [-0.2, 0) is 30.5 Å². The molecule has 3 aromatic carbocycles. The van der Waals surface area contributed by atoms with Gasteiger partial charge >= 0.3 is 0 Å². The van der Waals surface area contributed by atoms with Crippen LogP contribution in [0.5, 0.6) is 0 Å². The van der Waals surface area contributed by atoms with Crippen LogP contribution < -0.4 is 16.0 Å². The van der Waals surface area contributed by atoms with Crippen molar-refractivity contribution in [3.63, 3.8) is 0 Å². The highest BCUT2D eigenvalue weighted by Crippen LogP contribution is 2.36. The van der Waals surface area contributed by atoms with Gasteiger partial charge in [0.1, 0.15) is 34.2 Å². The summed E-state index contributed by atoms with van der Waals surface area (Å²) in [6.07, 6.45) is 12.4. The summed E-state index contributed by atoms with van der Waals surface area (Å²) in [7, 11) is 5.77. The van der Waals surface area contributed by atoms with Gasteiger partial charge in [-0.15, -0.1) is 0 Å². The summed E-state index contributed by atoms with van der Waals surface area (Å²) in [5, 5.41) is 50.8. The minimum Gasteiger partial charge on any atom is -0.354 e. The highest BCUT2D eigenvalue weighted by atomic mass is 16.5. The van der Waals surface area contributed by atoms with Crippen LogP contribution in [0.4, 0.5) is 0 Å². The summed E-state index contributed by atoms with van der Waals surface area (Å²) >= 11 is 0. The van der Waals surface area contributed by atoms with Gasteiger partial charge in [0.25, 0.3) is 0 Å². The quantitative estimate of drug-likeness (QED) is 0.0602. The van der Waals surface area contributed by atoms with Crippen LogP contribution in [0.25, 0.3) is 102 Å². The maximum absolute atomic E-state index is 9.82. The molecular weight excluding hydrogens is 1220 g/mol. The van der Waals surface area contributed by atoms with E-state index in [-0.39, 0.29) is 10.2 Å². The lowest BCUT2D eigenvalue weighted by molar-refractivity contribution is 0.433. The minimum absolute atomic E-state index is 0. The number of pyridine rings is 3. The van der Waals surface area contributed by atoms with Crippen molar-refractivity contribution in [2.45, 2.75) is 111 Å². The molecule has 0 aliphatic rings. The fraction of sp³-hybridized carbons (Fsp3) is 0.260. The molecule has 9 heterocycles. The van der Waals surface area contributed by atoms with Crippen molar-refractivity contribution in [3.05, 3.63) is 215 Å². The van der Waals surface area contributed by atoms with Gasteiger partial charge in [-0.2, -0.15) is 15.8 Å². The molecule has 0 radical (unpaired) electrons. The van der Waals surface area contributed by atoms with E-state index < -0.39 is 10.8 Å². The lowest BCUT2D eigenvalue weighted by Gasteiger charge is -2.23. The second-order valence-electron chi connectivity index (χ2n) is 24.0. The molecule has 1 unspecified atom stereocenters. The van der Waals surface area contributed by atoms with Gasteiger partial charge in [-0.3, -0.25) is 29.9 Å². The Labute approximate surface area is 575 Å². The standard InChI is InChI=1S/C27H28N6O.2C25H24N6O.3H2/c1-5-27(6-2,17-28)25-13-21(11-12-30-25)23-16-31-18(3)26(32-23)24-14-22(33-34-24)20-9-7-19(8-10-20)15-29-4;1-16-24(22-12-20(31-32-22)18-7-5-17(6-8-18)13-27-4)30-21(14-29-16)19-9-10-28-23(11-19)25(2,3)15-26;1-4-18(13-26)21-11-20(9-10-28-21)23-15-29-16(2)25(30-23)24-12-22(31-32-24)19-7-5-17(6-8-19)14-27-3;;;/h7-14,16,29H,5-6,15H2,1-4H3;5-12,14,27H,13H2,1-4H3;5-12,15,18,27H,4,14H2,1-3H3;3*1H. The molecule has 0 aliphatic heterocycles. The van der Waals surface area contributed by atoms with Crippen LogP contribution in [-0.4, -0.2) is 81.5 Å². The van der Waals surface area contributed by atoms with Gasteiger partial charge in [-0.05, 0) is 128 Å². The molecule has 21 heteroatoms. The number of nitrogens with one attached hydrogen (secondary N) is 3. The third-order valence-electron chi connectivity index (χ3n) is 16.9. The zero-order chi connectivity index (χ0) is 69.3. The van der Waals surface area contributed by atoms with E-state index in [2.05, 4.69) is 116 Å². The first-order valence-electron chi connectivity index (χ1n) is 32.3. The zero-order valence-electron chi connectivity index (χ0n) is 56.8. The predicted octanol–water partition coefficient (Wildman–Crippen LogP) is 15.8. The predicted molar refractivity (Wildman–Crippen MR) is 383 cm³/mol. The molecule has 0 aliphatic carbocycles. The third-order valence-corrected chi connectivity index (χ3v) is 16.9. The summed E-state index contributed by atoms with van der Waals surface area (Å²) in [4.78, 5) is 41.2. The smallest absolute Gasteiger partial charge is 0.187 e. The Balaban J connectivity index is 0.000000210. The van der Waals surface area contributed by atoms with Crippen LogP contribution in [0, 0.1) is 54.8 Å². The Morgan fingerprint density at radius 1 is 0.429 bits per heavy atom. The minimum atomic E-state index is -0.695. The summed E-state index contributed by atoms with van der Waals surface area (Å²) in [5.74, 6) is 1.43. The SMILES string of the molecule is CCC(C#N)(CC)c1cc(-c2cnc(C)c(-c3cc(-c4ccc(CNC)cc4)no3)n2)ccn1.CCC(C#N)c1cc(-c2cnc(C)c(-c3cc(-c4ccc(CNC)cc4)no3)n2)ccn1.CNCc1ccc(-c2cc(-c3nc(-c4ccnc(C(C)(C)C#N)c4)cnc3C)on2)cc1.[HH].[HH].[HH]. The summed E-state index contributed by atoms with van der Waals surface area (Å²) < 4.78 is 16.9. The van der Waals surface area contributed by atoms with Crippen molar-refractivity contribution >= 4 is 0 Å². The van der Waals surface area contributed by atoms with E-state index in [9.17, 15) is 15.8 Å². The number of benzene rings is 3. The van der Waals surface area contributed by atoms with Crippen LogP contribution in [0.1, 0.15) is 115 Å². The lowest BCUT2D eigenvalue weighted by atomic mass is 9.80. The topological polar surface area (TPSA) is 302 Å². The van der Waals surface area contributed by atoms with Gasteiger partial charge in [-0.1, -0.05) is 109 Å². The molecule has 9 aromatic heterocycles. The monoisotopic (exact) mass is 1310 g/mol. The number of aryl methyl sites for hydroxylation is 3. The summed E-state index contributed by atoms with van der Waals surface area (Å²) in [5.41, 5.74) is 18.4. The third kappa shape index (κ3) is 16.0. The number of hydrogen-bond donors (Lipinski definition) is 3. The molecule has 12 aromatic rings. The first-order chi connectivity index (χ1) is 47.6. The molecular formula is C77H82N18O3. The molecule has 0 saturated carbocycles. The molecule has 12 rings (SSSR count). The number of aromatic nitrogens is 12. The average molecular weight is 1310 g/mol. The van der Waals surface area contributed by atoms with E-state index in [1.165, 1.54) is 16.7 Å². The van der Waals surface area contributed by atoms with Crippen molar-refractivity contribution in [2.75, 3.05) is 21.1 Å². The molecule has 0 amide bonds. The Morgan fingerprint density at radius 3 is 1.12 bits per heavy atom. The Bertz CT molecular complexity index is 4840. The number of hydrogen-bond acceptors (Lipinski definition) is 21. The van der Waals surface area contributed by atoms with Gasteiger partial charge in [-0.25, -0.2) is 15.0 Å². The van der Waals surface area contributed by atoms with E-state index in [4.69, 9.17) is 28.5 Å². The Morgan fingerprint density at radius 2 is 0.786 bits per heavy atom. The van der Waals surface area contributed by atoms with E-state index in [1.807, 2.05) is 168 Å². The molecule has 98 heavy (non-hydrogen) atoms. The molecule has 21 nitrogen and oxygen atoms in total. The first kappa shape index (κ1) is 69.2. The van der Waals surface area contributed by atoms with Crippen LogP contribution in [0.3, 0.4) is 0 Å². The fourth-order valence-electron chi connectivity index (χ4n) is 10.9. The molecule has 0 spiro atoms. The maximum Gasteiger partial charge on any atom is 0.187 e. The van der Waals surface area contributed by atoms with Crippen molar-refractivity contribution in [3.8, 4) is 120 Å². The van der Waals surface area contributed by atoms with E-state index in [0.29, 0.717) is 76.4 Å². The van der Waals surface area contributed by atoms with Crippen LogP contribution in [0.2, 0.25) is 0 Å². The van der Waals surface area contributed by atoms with Gasteiger partial charge in [0.15, 0.2) is 17.3 Å². The molecule has 0 saturated heterocycles. The molecule has 1 atom stereocenters. The highest BCUT2D eigenvalue weighted by Gasteiger charge is 2.31. The normalized spacial score (nSPS) is 11.5. The number of nitrogens with zero attached hydrogens (tertiary/aromatic N) is 15. The zero-order valence-corrected chi connectivity index (χ0v) is 56.8. The second kappa shape index (κ2) is 31.7. The van der Waals surface area contributed by atoms with Gasteiger partial charge in [0.2, 0.25) is 0 Å². The van der Waals surface area contributed by atoms with Gasteiger partial charge < -0.3 is 29.5 Å². The Kier molecular flexibility index (Phi) is 22.4. The van der Waals surface area contributed by atoms with Crippen molar-refractivity contribution in [2.24, 2.45) is 0 Å². The number of rotatable bonds is 21. The van der Waals surface area contributed by atoms with E-state index in [1.54, 1.807) is 37.2 Å². The lowest BCUT2D eigenvalue weighted by Crippen LogP contribution is -2.23. The summed E-state index contributed by atoms with van der Waals surface area (Å²) in [6, 6.07) is 48.6. The highest BCUT2D eigenvalue weighted by molar-refractivity contribution is 5.72.